The first kappa shape index (κ1) is 21.9. The van der Waals surface area contributed by atoms with Gasteiger partial charge >= 0.3 is 6.92 Å². The molecule has 1 heterocycles. The van der Waals surface area contributed by atoms with E-state index in [2.05, 4.69) is 114 Å². The first-order valence-corrected chi connectivity index (χ1v) is 12.2. The third-order valence-corrected chi connectivity index (χ3v) is 6.48. The van der Waals surface area contributed by atoms with Crippen molar-refractivity contribution >= 4 is 28.7 Å². The summed E-state index contributed by atoms with van der Waals surface area (Å²) in [4.78, 5) is 4.60. The Balaban J connectivity index is 1.39. The normalized spacial score (nSPS) is 10.8. The van der Waals surface area contributed by atoms with Crippen LogP contribution in [0, 0.1) is 0 Å². The number of hydrogen-bond acceptors (Lipinski definition) is 2. The number of benzene rings is 5. The highest BCUT2D eigenvalue weighted by atomic mass is 16.4. The van der Waals surface area contributed by atoms with E-state index in [4.69, 9.17) is 4.65 Å². The second-order valence-electron chi connectivity index (χ2n) is 8.81. The van der Waals surface area contributed by atoms with Gasteiger partial charge < -0.3 is 4.65 Å². The van der Waals surface area contributed by atoms with Crippen LogP contribution >= 0.6 is 0 Å². The smallest absolute Gasteiger partial charge is 0.426 e. The molecule has 5 aromatic carbocycles. The van der Waals surface area contributed by atoms with Crippen LogP contribution in [-0.2, 0) is 0 Å². The van der Waals surface area contributed by atoms with E-state index in [1.54, 1.807) is 0 Å². The third kappa shape index (κ3) is 4.52. The van der Waals surface area contributed by atoms with E-state index < -0.39 is 0 Å². The Morgan fingerprint density at radius 1 is 0.444 bits per heavy atom. The molecule has 0 aliphatic rings. The predicted octanol–water partition coefficient (Wildman–Crippen LogP) is 6.75. The SMILES string of the molecule is c1ccc(-c2ccc(B(Oc3cccc4cccnc34)c3ccc(-c4ccccc4)cc3)cc2)cc1. The van der Waals surface area contributed by atoms with Gasteiger partial charge in [0.05, 0.1) is 0 Å². The lowest BCUT2D eigenvalue weighted by Crippen LogP contribution is -2.47. The van der Waals surface area contributed by atoms with Gasteiger partial charge in [0.25, 0.3) is 0 Å². The third-order valence-electron chi connectivity index (χ3n) is 6.48. The molecule has 0 unspecified atom stereocenters. The quantitative estimate of drug-likeness (QED) is 0.256. The van der Waals surface area contributed by atoms with Crippen LogP contribution in [0.4, 0.5) is 0 Å². The number of aromatic nitrogens is 1. The molecule has 0 aliphatic heterocycles. The predicted molar refractivity (Wildman–Crippen MR) is 151 cm³/mol. The summed E-state index contributed by atoms with van der Waals surface area (Å²) in [6, 6.07) is 48.3. The number of hydrogen-bond donors (Lipinski definition) is 0. The van der Waals surface area contributed by atoms with Gasteiger partial charge in [-0.1, -0.05) is 127 Å². The lowest BCUT2D eigenvalue weighted by Gasteiger charge is -2.18. The number of pyridine rings is 1. The summed E-state index contributed by atoms with van der Waals surface area (Å²) < 4.78 is 6.73. The summed E-state index contributed by atoms with van der Waals surface area (Å²) in [7, 11) is 0. The summed E-state index contributed by atoms with van der Waals surface area (Å²) in [6.07, 6.45) is 1.81. The maximum absolute atomic E-state index is 6.73. The highest BCUT2D eigenvalue weighted by molar-refractivity contribution is 6.80. The fourth-order valence-corrected chi connectivity index (χ4v) is 4.59. The van der Waals surface area contributed by atoms with Crippen molar-refractivity contribution in [3.05, 3.63) is 146 Å². The first-order valence-electron chi connectivity index (χ1n) is 12.2. The Bertz CT molecular complexity index is 1490. The number of fused-ring (bicyclic) bond motifs is 1. The summed E-state index contributed by atoms with van der Waals surface area (Å²) in [5.41, 5.74) is 7.82. The minimum atomic E-state index is -0.271. The Labute approximate surface area is 212 Å². The molecule has 6 rings (SSSR count). The van der Waals surface area contributed by atoms with Gasteiger partial charge in [-0.3, -0.25) is 4.98 Å². The van der Waals surface area contributed by atoms with Gasteiger partial charge in [0.15, 0.2) is 0 Å². The topological polar surface area (TPSA) is 22.1 Å². The fourth-order valence-electron chi connectivity index (χ4n) is 4.59. The molecule has 0 aliphatic carbocycles. The molecule has 0 amide bonds. The van der Waals surface area contributed by atoms with E-state index in [-0.39, 0.29) is 6.92 Å². The molecule has 0 atom stereocenters. The van der Waals surface area contributed by atoms with E-state index in [9.17, 15) is 0 Å². The van der Waals surface area contributed by atoms with Crippen molar-refractivity contribution in [2.45, 2.75) is 0 Å². The van der Waals surface area contributed by atoms with Gasteiger partial charge in [-0.2, -0.15) is 0 Å². The largest absolute Gasteiger partial charge is 0.550 e. The van der Waals surface area contributed by atoms with Gasteiger partial charge in [-0.05, 0) is 45.3 Å². The lowest BCUT2D eigenvalue weighted by atomic mass is 9.55. The number of nitrogens with zero attached hydrogens (tertiary/aromatic N) is 1. The van der Waals surface area contributed by atoms with Gasteiger partial charge in [0.1, 0.15) is 11.3 Å². The Hall–Kier alpha value is -4.63. The van der Waals surface area contributed by atoms with E-state index in [0.717, 1.165) is 27.6 Å². The molecule has 2 nitrogen and oxygen atoms in total. The van der Waals surface area contributed by atoms with E-state index >= 15 is 0 Å². The summed E-state index contributed by atoms with van der Waals surface area (Å²) in [6.45, 7) is -0.271. The van der Waals surface area contributed by atoms with Crippen molar-refractivity contribution in [1.82, 2.24) is 4.98 Å². The van der Waals surface area contributed by atoms with E-state index in [1.807, 2.05) is 36.5 Å². The van der Waals surface area contributed by atoms with Crippen LogP contribution < -0.4 is 15.6 Å². The second kappa shape index (κ2) is 9.93. The molecule has 6 aromatic rings. The van der Waals surface area contributed by atoms with Crippen molar-refractivity contribution in [3.8, 4) is 28.0 Å². The highest BCUT2D eigenvalue weighted by Crippen LogP contribution is 2.24. The molecule has 0 N–H and O–H groups in total. The van der Waals surface area contributed by atoms with E-state index in [0.29, 0.717) is 0 Å². The van der Waals surface area contributed by atoms with Crippen molar-refractivity contribution in [3.63, 3.8) is 0 Å². The molecule has 0 spiro atoms. The number of para-hydroxylation sites is 1. The van der Waals surface area contributed by atoms with Crippen LogP contribution in [0.1, 0.15) is 0 Å². The zero-order chi connectivity index (χ0) is 24.2. The van der Waals surface area contributed by atoms with Crippen molar-refractivity contribution in [2.24, 2.45) is 0 Å². The maximum atomic E-state index is 6.73. The van der Waals surface area contributed by atoms with Crippen LogP contribution in [0.25, 0.3) is 33.2 Å². The second-order valence-corrected chi connectivity index (χ2v) is 8.81. The average molecular weight is 461 g/mol. The van der Waals surface area contributed by atoms with Crippen molar-refractivity contribution in [1.29, 1.82) is 0 Å². The van der Waals surface area contributed by atoms with Crippen LogP contribution in [0.5, 0.6) is 5.75 Å². The Kier molecular flexibility index (Phi) is 6.03. The van der Waals surface area contributed by atoms with Crippen molar-refractivity contribution in [2.75, 3.05) is 0 Å². The molecule has 3 heteroatoms. The van der Waals surface area contributed by atoms with Gasteiger partial charge in [-0.25, -0.2) is 0 Å². The van der Waals surface area contributed by atoms with Crippen LogP contribution in [0.3, 0.4) is 0 Å². The summed E-state index contributed by atoms with van der Waals surface area (Å²) in [5, 5.41) is 1.06. The maximum Gasteiger partial charge on any atom is 0.426 e. The van der Waals surface area contributed by atoms with Gasteiger partial charge in [-0.15, -0.1) is 0 Å². The Morgan fingerprint density at radius 3 is 1.50 bits per heavy atom. The van der Waals surface area contributed by atoms with E-state index in [1.165, 1.54) is 22.3 Å². The molecule has 0 bridgehead atoms. The lowest BCUT2D eigenvalue weighted by molar-refractivity contribution is 0.597. The fraction of sp³-hybridized carbons (Fsp3) is 0. The molecule has 0 saturated heterocycles. The molecular formula is C33H24BNO. The molecule has 1 aromatic heterocycles. The number of rotatable bonds is 6. The molecule has 36 heavy (non-hydrogen) atoms. The minimum absolute atomic E-state index is 0.271. The molecular weight excluding hydrogens is 437 g/mol. The van der Waals surface area contributed by atoms with Gasteiger partial charge in [0.2, 0.25) is 0 Å². The molecule has 170 valence electrons. The zero-order valence-corrected chi connectivity index (χ0v) is 19.8. The van der Waals surface area contributed by atoms with Crippen LogP contribution in [0.2, 0.25) is 0 Å². The average Bonchev–Trinajstić information content (AvgIpc) is 2.97. The highest BCUT2D eigenvalue weighted by Gasteiger charge is 2.25. The summed E-state index contributed by atoms with van der Waals surface area (Å²) >= 11 is 0. The van der Waals surface area contributed by atoms with Crippen LogP contribution in [-0.4, -0.2) is 11.9 Å². The monoisotopic (exact) mass is 461 g/mol. The summed E-state index contributed by atoms with van der Waals surface area (Å²) in [5.74, 6) is 0.775. The standard InChI is InChI=1S/C33H24BNO/c1-3-9-25(10-4-1)27-16-20-30(21-17-27)34(36-32-15-7-13-29-14-8-24-35-33(29)32)31-22-18-28(19-23-31)26-11-5-2-6-12-26/h1-24H. The van der Waals surface area contributed by atoms with Gasteiger partial charge in [0, 0.05) is 11.6 Å². The zero-order valence-electron chi connectivity index (χ0n) is 19.8. The Morgan fingerprint density at radius 2 is 0.944 bits per heavy atom. The molecule has 0 radical (unpaired) electrons. The molecule has 0 fully saturated rings. The van der Waals surface area contributed by atoms with Crippen molar-refractivity contribution < 1.29 is 4.65 Å². The van der Waals surface area contributed by atoms with Crippen LogP contribution in [0.15, 0.2) is 146 Å². The minimum Gasteiger partial charge on any atom is -0.550 e. The molecule has 0 saturated carbocycles. The first-order chi connectivity index (χ1) is 17.8.